The zero-order valence-corrected chi connectivity index (χ0v) is 11.3. The van der Waals surface area contributed by atoms with E-state index in [1.807, 2.05) is 13.2 Å². The number of nitrogens with zero attached hydrogens (tertiary/aromatic N) is 2. The average Bonchev–Trinajstić information content (AvgIpc) is 2.77. The van der Waals surface area contributed by atoms with Crippen molar-refractivity contribution in [1.29, 1.82) is 0 Å². The van der Waals surface area contributed by atoms with Crippen molar-refractivity contribution in [3.8, 4) is 0 Å². The molecule has 1 aromatic carbocycles. The number of rotatable bonds is 5. The molecule has 4 nitrogen and oxygen atoms in total. The van der Waals surface area contributed by atoms with Crippen molar-refractivity contribution >= 4 is 17.6 Å². The lowest BCUT2D eigenvalue weighted by Crippen LogP contribution is -2.12. The van der Waals surface area contributed by atoms with E-state index < -0.39 is 11.9 Å². The van der Waals surface area contributed by atoms with Gasteiger partial charge in [0.15, 0.2) is 0 Å². The highest BCUT2D eigenvalue weighted by Gasteiger charge is 2.19. The van der Waals surface area contributed by atoms with Crippen LogP contribution in [0.25, 0.3) is 0 Å². The molecule has 0 bridgehead atoms. The molecule has 0 aliphatic heterocycles. The summed E-state index contributed by atoms with van der Waals surface area (Å²) < 4.78 is 1.72. The summed E-state index contributed by atoms with van der Waals surface area (Å²) >= 11 is 5.81. The van der Waals surface area contributed by atoms with Crippen LogP contribution in [0.5, 0.6) is 0 Å². The molecule has 0 saturated carbocycles. The first-order valence-electron chi connectivity index (χ1n) is 6.02. The maximum absolute atomic E-state index is 11.4. The van der Waals surface area contributed by atoms with Crippen LogP contribution in [-0.4, -0.2) is 20.9 Å². The molecule has 0 radical (unpaired) electrons. The zero-order valence-electron chi connectivity index (χ0n) is 10.6. The van der Waals surface area contributed by atoms with Crippen LogP contribution in [0, 0.1) is 0 Å². The fourth-order valence-corrected chi connectivity index (χ4v) is 2.17. The molecule has 19 heavy (non-hydrogen) atoms. The number of carboxylic acids is 1. The predicted molar refractivity (Wildman–Crippen MR) is 73.4 cm³/mol. The van der Waals surface area contributed by atoms with E-state index in [0.717, 1.165) is 11.1 Å². The zero-order chi connectivity index (χ0) is 13.8. The number of hydrogen-bond donors (Lipinski definition) is 1. The number of benzene rings is 1. The molecular formula is C14H15ClN2O2. The number of aliphatic carboxylic acids is 1. The van der Waals surface area contributed by atoms with E-state index in [4.69, 9.17) is 11.6 Å². The summed E-state index contributed by atoms with van der Waals surface area (Å²) in [6.45, 7) is 0. The van der Waals surface area contributed by atoms with Crippen LogP contribution >= 0.6 is 11.6 Å². The largest absolute Gasteiger partial charge is 0.481 e. The fourth-order valence-electron chi connectivity index (χ4n) is 2.04. The van der Waals surface area contributed by atoms with Crippen molar-refractivity contribution in [1.82, 2.24) is 9.78 Å². The second kappa shape index (κ2) is 5.89. The van der Waals surface area contributed by atoms with Crippen LogP contribution in [0.3, 0.4) is 0 Å². The summed E-state index contributed by atoms with van der Waals surface area (Å²) in [6.07, 6.45) is 4.90. The first kappa shape index (κ1) is 13.6. The Morgan fingerprint density at radius 1 is 1.42 bits per heavy atom. The van der Waals surface area contributed by atoms with E-state index in [0.29, 0.717) is 17.9 Å². The molecule has 0 saturated heterocycles. The van der Waals surface area contributed by atoms with E-state index >= 15 is 0 Å². The van der Waals surface area contributed by atoms with Crippen LogP contribution in [0.15, 0.2) is 36.7 Å². The second-order valence-corrected chi connectivity index (χ2v) is 4.94. The Hall–Kier alpha value is -1.81. The Morgan fingerprint density at radius 2 is 2.11 bits per heavy atom. The molecule has 1 heterocycles. The third kappa shape index (κ3) is 3.58. The molecule has 0 aliphatic carbocycles. The highest BCUT2D eigenvalue weighted by atomic mass is 35.5. The third-order valence-corrected chi connectivity index (χ3v) is 3.30. The highest BCUT2D eigenvalue weighted by Crippen LogP contribution is 2.23. The summed E-state index contributed by atoms with van der Waals surface area (Å²) in [4.78, 5) is 11.4. The van der Waals surface area contributed by atoms with Gasteiger partial charge in [-0.25, -0.2) is 0 Å². The minimum Gasteiger partial charge on any atom is -0.481 e. The maximum atomic E-state index is 11.4. The lowest BCUT2D eigenvalue weighted by Gasteiger charge is -2.12. The van der Waals surface area contributed by atoms with Crippen LogP contribution in [0.4, 0.5) is 0 Å². The van der Waals surface area contributed by atoms with E-state index in [2.05, 4.69) is 5.10 Å². The molecule has 100 valence electrons. The number of aromatic nitrogens is 2. The molecule has 2 rings (SSSR count). The lowest BCUT2D eigenvalue weighted by atomic mass is 9.93. The van der Waals surface area contributed by atoms with Crippen LogP contribution in [0.2, 0.25) is 5.02 Å². The molecule has 1 unspecified atom stereocenters. The topological polar surface area (TPSA) is 55.1 Å². The normalized spacial score (nSPS) is 12.3. The summed E-state index contributed by atoms with van der Waals surface area (Å²) in [5.41, 5.74) is 1.82. The van der Waals surface area contributed by atoms with Gasteiger partial charge in [-0.05, 0) is 36.1 Å². The Morgan fingerprint density at radius 3 is 2.63 bits per heavy atom. The van der Waals surface area contributed by atoms with Crippen molar-refractivity contribution < 1.29 is 9.90 Å². The molecule has 0 amide bonds. The summed E-state index contributed by atoms with van der Waals surface area (Å²) in [7, 11) is 1.84. The Labute approximate surface area is 116 Å². The molecule has 0 spiro atoms. The summed E-state index contributed by atoms with van der Waals surface area (Å²) in [5.74, 6) is -1.33. The smallest absolute Gasteiger partial charge is 0.310 e. The van der Waals surface area contributed by atoms with E-state index in [9.17, 15) is 9.90 Å². The Bertz CT molecular complexity index is 563. The van der Waals surface area contributed by atoms with E-state index in [1.165, 1.54) is 0 Å². The SMILES string of the molecule is Cn1cc(CCC(C(=O)O)c2ccc(Cl)cc2)cn1. The van der Waals surface area contributed by atoms with Gasteiger partial charge >= 0.3 is 5.97 Å². The van der Waals surface area contributed by atoms with Gasteiger partial charge in [0.25, 0.3) is 0 Å². The summed E-state index contributed by atoms with van der Waals surface area (Å²) in [5, 5.41) is 14.0. The second-order valence-electron chi connectivity index (χ2n) is 4.50. The van der Waals surface area contributed by atoms with Crippen LogP contribution in [-0.2, 0) is 18.3 Å². The van der Waals surface area contributed by atoms with Crippen LogP contribution < -0.4 is 0 Å². The fraction of sp³-hybridized carbons (Fsp3) is 0.286. The molecular weight excluding hydrogens is 264 g/mol. The first-order chi connectivity index (χ1) is 9.06. The van der Waals surface area contributed by atoms with Gasteiger partial charge in [0.2, 0.25) is 0 Å². The van der Waals surface area contributed by atoms with Gasteiger partial charge in [0.1, 0.15) is 0 Å². The Kier molecular flexibility index (Phi) is 4.22. The number of aryl methyl sites for hydroxylation is 2. The van der Waals surface area contributed by atoms with Gasteiger partial charge in [0, 0.05) is 18.3 Å². The van der Waals surface area contributed by atoms with Gasteiger partial charge < -0.3 is 5.11 Å². The molecule has 1 aromatic heterocycles. The average molecular weight is 279 g/mol. The van der Waals surface area contributed by atoms with Crippen molar-refractivity contribution in [3.63, 3.8) is 0 Å². The lowest BCUT2D eigenvalue weighted by molar-refractivity contribution is -0.138. The monoisotopic (exact) mass is 278 g/mol. The predicted octanol–water partition coefficient (Wildman–Crippen LogP) is 2.87. The molecule has 0 aliphatic rings. The molecule has 2 aromatic rings. The van der Waals surface area contributed by atoms with Gasteiger partial charge in [-0.3, -0.25) is 9.48 Å². The van der Waals surface area contributed by atoms with Gasteiger partial charge in [-0.15, -0.1) is 0 Å². The standard InChI is InChI=1S/C14H15ClN2O2/c1-17-9-10(8-16-17)2-7-13(14(18)19)11-3-5-12(15)6-4-11/h3-6,8-9,13H,2,7H2,1H3,(H,18,19). The highest BCUT2D eigenvalue weighted by molar-refractivity contribution is 6.30. The molecule has 5 heteroatoms. The van der Waals surface area contributed by atoms with E-state index in [-0.39, 0.29) is 0 Å². The molecule has 1 atom stereocenters. The summed E-state index contributed by atoms with van der Waals surface area (Å²) in [6, 6.07) is 6.97. The van der Waals surface area contributed by atoms with Gasteiger partial charge in [0.05, 0.1) is 12.1 Å². The molecule has 0 fully saturated rings. The van der Waals surface area contributed by atoms with Crippen LogP contribution in [0.1, 0.15) is 23.5 Å². The third-order valence-electron chi connectivity index (χ3n) is 3.05. The van der Waals surface area contributed by atoms with Crippen molar-refractivity contribution in [2.24, 2.45) is 7.05 Å². The number of hydrogen-bond acceptors (Lipinski definition) is 2. The first-order valence-corrected chi connectivity index (χ1v) is 6.40. The van der Waals surface area contributed by atoms with Gasteiger partial charge in [-0.1, -0.05) is 23.7 Å². The Balaban J connectivity index is 2.08. The quantitative estimate of drug-likeness (QED) is 0.915. The number of carboxylic acid groups (broad SMARTS) is 1. The van der Waals surface area contributed by atoms with Crippen molar-refractivity contribution in [2.75, 3.05) is 0 Å². The number of halogens is 1. The maximum Gasteiger partial charge on any atom is 0.310 e. The van der Waals surface area contributed by atoms with Crippen molar-refractivity contribution in [2.45, 2.75) is 18.8 Å². The minimum absolute atomic E-state index is 0.516. The van der Waals surface area contributed by atoms with E-state index in [1.54, 1.807) is 35.1 Å². The van der Waals surface area contributed by atoms with Crippen molar-refractivity contribution in [3.05, 3.63) is 52.8 Å². The minimum atomic E-state index is -0.814. The molecule has 1 N–H and O–H groups in total. The number of carbonyl (C=O) groups is 1. The van der Waals surface area contributed by atoms with Gasteiger partial charge in [-0.2, -0.15) is 5.10 Å².